The van der Waals surface area contributed by atoms with E-state index >= 15 is 0 Å². The monoisotopic (exact) mass is 320 g/mol. The molecule has 0 saturated carbocycles. The van der Waals surface area contributed by atoms with Gasteiger partial charge in [0.2, 0.25) is 0 Å². The van der Waals surface area contributed by atoms with Crippen LogP contribution in [0, 0.1) is 5.92 Å². The van der Waals surface area contributed by atoms with Gasteiger partial charge in [0.15, 0.2) is 0 Å². The molecule has 1 atom stereocenters. The second-order valence-electron chi connectivity index (χ2n) is 7.49. The molecule has 3 rings (SSSR count). The first-order valence-corrected chi connectivity index (χ1v) is 10.0. The van der Waals surface area contributed by atoms with Crippen LogP contribution in [-0.4, -0.2) is 0 Å². The van der Waals surface area contributed by atoms with Crippen molar-refractivity contribution in [3.05, 3.63) is 59.2 Å². The molecule has 1 aliphatic rings. The Morgan fingerprint density at radius 2 is 1.62 bits per heavy atom. The first-order valence-electron chi connectivity index (χ1n) is 10.0. The van der Waals surface area contributed by atoms with Crippen LogP contribution in [0.3, 0.4) is 0 Å². The number of hydrogen-bond donors (Lipinski definition) is 0. The van der Waals surface area contributed by atoms with E-state index in [2.05, 4.69) is 56.3 Å². The molecule has 1 aliphatic carbocycles. The van der Waals surface area contributed by atoms with Gasteiger partial charge >= 0.3 is 0 Å². The summed E-state index contributed by atoms with van der Waals surface area (Å²) in [7, 11) is 0. The lowest BCUT2D eigenvalue weighted by Crippen LogP contribution is -2.14. The molecule has 2 aromatic carbocycles. The highest BCUT2D eigenvalue weighted by Gasteiger charge is 2.18. The Bertz CT molecular complexity index is 636. The van der Waals surface area contributed by atoms with Gasteiger partial charge in [0, 0.05) is 0 Å². The Hall–Kier alpha value is -1.56. The molecule has 0 heterocycles. The van der Waals surface area contributed by atoms with E-state index in [0.717, 1.165) is 12.3 Å². The van der Waals surface area contributed by atoms with Gasteiger partial charge in [-0.2, -0.15) is 0 Å². The predicted molar refractivity (Wildman–Crippen MR) is 106 cm³/mol. The van der Waals surface area contributed by atoms with Crippen LogP contribution in [0.15, 0.2) is 42.5 Å². The molecule has 0 heteroatoms. The van der Waals surface area contributed by atoms with Crippen molar-refractivity contribution in [2.75, 3.05) is 0 Å². The summed E-state index contributed by atoms with van der Waals surface area (Å²) in [6, 6.07) is 16.3. The van der Waals surface area contributed by atoms with Crippen LogP contribution in [0.1, 0.15) is 69.1 Å². The number of aryl methyl sites for hydroxylation is 2. The SMILES string of the molecule is CCCCCCC1CCc2cc(-c3ccc(CC)cc3)ccc2C1. The zero-order valence-electron chi connectivity index (χ0n) is 15.5. The quantitative estimate of drug-likeness (QED) is 0.482. The maximum absolute atomic E-state index is 2.45. The van der Waals surface area contributed by atoms with Crippen molar-refractivity contribution in [1.82, 2.24) is 0 Å². The van der Waals surface area contributed by atoms with Gasteiger partial charge in [-0.15, -0.1) is 0 Å². The lowest BCUT2D eigenvalue weighted by Gasteiger charge is -2.25. The smallest absolute Gasteiger partial charge is 0.0181 e. The predicted octanol–water partition coefficient (Wildman–Crippen LogP) is 6.99. The number of fused-ring (bicyclic) bond motifs is 1. The summed E-state index contributed by atoms with van der Waals surface area (Å²) in [4.78, 5) is 0. The first kappa shape index (κ1) is 17.3. The minimum absolute atomic E-state index is 0.920. The van der Waals surface area contributed by atoms with Crippen molar-refractivity contribution in [1.29, 1.82) is 0 Å². The summed E-state index contributed by atoms with van der Waals surface area (Å²) >= 11 is 0. The van der Waals surface area contributed by atoms with E-state index in [9.17, 15) is 0 Å². The highest BCUT2D eigenvalue weighted by atomic mass is 14.2. The number of unbranched alkanes of at least 4 members (excludes halogenated alkanes) is 3. The van der Waals surface area contributed by atoms with Gasteiger partial charge in [-0.3, -0.25) is 0 Å². The molecule has 1 unspecified atom stereocenters. The van der Waals surface area contributed by atoms with Gasteiger partial charge in [-0.25, -0.2) is 0 Å². The summed E-state index contributed by atoms with van der Waals surface area (Å²) < 4.78 is 0. The molecule has 0 N–H and O–H groups in total. The maximum Gasteiger partial charge on any atom is -0.0181 e. The second kappa shape index (κ2) is 8.51. The molecule has 0 spiro atoms. The molecule has 0 aromatic heterocycles. The van der Waals surface area contributed by atoms with E-state index in [1.54, 1.807) is 11.1 Å². The fourth-order valence-electron chi connectivity index (χ4n) is 4.05. The van der Waals surface area contributed by atoms with Crippen LogP contribution in [-0.2, 0) is 19.3 Å². The van der Waals surface area contributed by atoms with Crippen molar-refractivity contribution in [2.45, 2.75) is 71.6 Å². The van der Waals surface area contributed by atoms with Crippen molar-refractivity contribution in [3.63, 3.8) is 0 Å². The number of hydrogen-bond acceptors (Lipinski definition) is 0. The molecule has 0 radical (unpaired) electrons. The van der Waals surface area contributed by atoms with E-state index in [4.69, 9.17) is 0 Å². The molecule has 0 saturated heterocycles. The summed E-state index contributed by atoms with van der Waals surface area (Å²) in [6.07, 6.45) is 12.1. The van der Waals surface area contributed by atoms with Crippen LogP contribution in [0.25, 0.3) is 11.1 Å². The van der Waals surface area contributed by atoms with E-state index < -0.39 is 0 Å². The number of benzene rings is 2. The summed E-state index contributed by atoms with van der Waals surface area (Å²) in [5, 5.41) is 0. The van der Waals surface area contributed by atoms with Crippen molar-refractivity contribution in [3.8, 4) is 11.1 Å². The number of rotatable bonds is 7. The van der Waals surface area contributed by atoms with Crippen LogP contribution in [0.4, 0.5) is 0 Å². The van der Waals surface area contributed by atoms with E-state index in [1.165, 1.54) is 68.1 Å². The average molecular weight is 321 g/mol. The van der Waals surface area contributed by atoms with Gasteiger partial charge < -0.3 is 0 Å². The molecular formula is C24H32. The Labute approximate surface area is 148 Å². The molecule has 0 aliphatic heterocycles. The van der Waals surface area contributed by atoms with E-state index in [1.807, 2.05) is 0 Å². The van der Waals surface area contributed by atoms with Gasteiger partial charge in [-0.05, 0) is 59.4 Å². The molecule has 0 nitrogen and oxygen atoms in total. The third-order valence-corrected chi connectivity index (χ3v) is 5.70. The molecule has 2 aromatic rings. The summed E-state index contributed by atoms with van der Waals surface area (Å²) in [6.45, 7) is 4.51. The Morgan fingerprint density at radius 1 is 0.833 bits per heavy atom. The first-order chi connectivity index (χ1) is 11.8. The Morgan fingerprint density at radius 3 is 2.38 bits per heavy atom. The van der Waals surface area contributed by atoms with Crippen LogP contribution >= 0.6 is 0 Å². The summed E-state index contributed by atoms with van der Waals surface area (Å²) in [5.41, 5.74) is 7.37. The molecule has 0 bridgehead atoms. The molecule has 24 heavy (non-hydrogen) atoms. The third kappa shape index (κ3) is 4.29. The zero-order valence-corrected chi connectivity index (χ0v) is 15.5. The minimum atomic E-state index is 0.920. The average Bonchev–Trinajstić information content (AvgIpc) is 2.65. The Balaban J connectivity index is 1.65. The largest absolute Gasteiger partial charge is 0.0654 e. The molecule has 0 fully saturated rings. The van der Waals surface area contributed by atoms with Crippen LogP contribution < -0.4 is 0 Å². The van der Waals surface area contributed by atoms with Crippen molar-refractivity contribution in [2.24, 2.45) is 5.92 Å². The second-order valence-corrected chi connectivity index (χ2v) is 7.49. The summed E-state index contributed by atoms with van der Waals surface area (Å²) in [5.74, 6) is 0.920. The van der Waals surface area contributed by atoms with Gasteiger partial charge in [-0.1, -0.05) is 88.4 Å². The fraction of sp³-hybridized carbons (Fsp3) is 0.500. The van der Waals surface area contributed by atoms with Crippen molar-refractivity contribution >= 4 is 0 Å². The molecule has 0 amide bonds. The van der Waals surface area contributed by atoms with Crippen molar-refractivity contribution < 1.29 is 0 Å². The lowest BCUT2D eigenvalue weighted by atomic mass is 9.80. The standard InChI is InChI=1S/C24H32/c1-3-5-6-7-8-20-11-14-24-18-23(16-15-22(24)17-20)21-12-9-19(4-2)10-13-21/h9-10,12-13,15-16,18,20H,3-8,11,14,17H2,1-2H3. The van der Waals surface area contributed by atoms with Gasteiger partial charge in [0.25, 0.3) is 0 Å². The minimum Gasteiger partial charge on any atom is -0.0654 e. The molecule has 128 valence electrons. The van der Waals surface area contributed by atoms with Crippen LogP contribution in [0.5, 0.6) is 0 Å². The topological polar surface area (TPSA) is 0 Å². The van der Waals surface area contributed by atoms with Gasteiger partial charge in [0.1, 0.15) is 0 Å². The fourth-order valence-corrected chi connectivity index (χ4v) is 4.05. The van der Waals surface area contributed by atoms with Crippen LogP contribution in [0.2, 0.25) is 0 Å². The third-order valence-electron chi connectivity index (χ3n) is 5.70. The zero-order chi connectivity index (χ0) is 16.8. The highest BCUT2D eigenvalue weighted by molar-refractivity contribution is 5.65. The normalized spacial score (nSPS) is 16.8. The maximum atomic E-state index is 2.45. The molecular weight excluding hydrogens is 288 g/mol. The van der Waals surface area contributed by atoms with E-state index in [0.29, 0.717) is 0 Å². The lowest BCUT2D eigenvalue weighted by molar-refractivity contribution is 0.406. The van der Waals surface area contributed by atoms with Gasteiger partial charge in [0.05, 0.1) is 0 Å². The Kier molecular flexibility index (Phi) is 6.12. The highest BCUT2D eigenvalue weighted by Crippen LogP contribution is 2.32. The van der Waals surface area contributed by atoms with E-state index in [-0.39, 0.29) is 0 Å².